The lowest BCUT2D eigenvalue weighted by Crippen LogP contribution is -2.12. The molecule has 0 aliphatic carbocycles. The van der Waals surface area contributed by atoms with Crippen molar-refractivity contribution in [1.29, 1.82) is 0 Å². The topological polar surface area (TPSA) is 44.1 Å². The first kappa shape index (κ1) is 14.7. The van der Waals surface area contributed by atoms with Gasteiger partial charge in [0.25, 0.3) is 0 Å². The molecular weight excluding hydrogens is 296 g/mol. The van der Waals surface area contributed by atoms with E-state index in [0.29, 0.717) is 0 Å². The van der Waals surface area contributed by atoms with Gasteiger partial charge in [-0.1, -0.05) is 54.2 Å². The zero-order valence-corrected chi connectivity index (χ0v) is 13.2. The number of nitrogens with zero attached hydrogens (tertiary/aromatic N) is 2. The third-order valence-corrected chi connectivity index (χ3v) is 4.76. The Balaban J connectivity index is 1.99. The molecule has 3 aromatic rings. The van der Waals surface area contributed by atoms with Gasteiger partial charge in [-0.15, -0.1) is 0 Å². The van der Waals surface area contributed by atoms with Crippen molar-refractivity contribution in [2.75, 3.05) is 7.11 Å². The van der Waals surface area contributed by atoms with Crippen molar-refractivity contribution in [3.05, 3.63) is 60.2 Å². The van der Waals surface area contributed by atoms with Crippen LogP contribution in [0.25, 0.3) is 11.0 Å². The van der Waals surface area contributed by atoms with Crippen LogP contribution in [0.2, 0.25) is 0 Å². The molecule has 0 saturated heterocycles. The molecule has 2 aromatic carbocycles. The lowest BCUT2D eigenvalue weighted by molar-refractivity contribution is -0.140. The monoisotopic (exact) mass is 312 g/mol. The Kier molecular flexibility index (Phi) is 4.15. The summed E-state index contributed by atoms with van der Waals surface area (Å²) >= 11 is 1.40. The predicted molar refractivity (Wildman–Crippen MR) is 87.8 cm³/mol. The highest BCUT2D eigenvalue weighted by Crippen LogP contribution is 2.36. The Morgan fingerprint density at radius 3 is 2.50 bits per heavy atom. The highest BCUT2D eigenvalue weighted by molar-refractivity contribution is 8.00. The van der Waals surface area contributed by atoms with Crippen LogP contribution in [0.15, 0.2) is 59.8 Å². The van der Waals surface area contributed by atoms with Gasteiger partial charge in [-0.25, -0.2) is 4.98 Å². The second kappa shape index (κ2) is 6.23. The van der Waals surface area contributed by atoms with E-state index in [4.69, 9.17) is 4.74 Å². The molecule has 0 aliphatic heterocycles. The summed E-state index contributed by atoms with van der Waals surface area (Å²) in [7, 11) is 3.37. The van der Waals surface area contributed by atoms with E-state index in [9.17, 15) is 4.79 Å². The molecule has 0 N–H and O–H groups in total. The van der Waals surface area contributed by atoms with E-state index in [2.05, 4.69) is 4.98 Å². The van der Waals surface area contributed by atoms with Crippen LogP contribution in [0.1, 0.15) is 10.8 Å². The standard InChI is InChI=1S/C17H16N2O2S/c1-19-14-11-7-6-10-13(14)18-17(19)22-15(16(20)21-2)12-8-4-3-5-9-12/h3-11,15H,1-2H3. The number of rotatable bonds is 4. The van der Waals surface area contributed by atoms with Crippen LogP contribution in [-0.2, 0) is 16.6 Å². The van der Waals surface area contributed by atoms with E-state index in [1.54, 1.807) is 0 Å². The number of thioether (sulfide) groups is 1. The van der Waals surface area contributed by atoms with Gasteiger partial charge in [0, 0.05) is 7.05 Å². The summed E-state index contributed by atoms with van der Waals surface area (Å²) in [6.45, 7) is 0. The summed E-state index contributed by atoms with van der Waals surface area (Å²) in [5, 5.41) is 0.363. The first-order valence-corrected chi connectivity index (χ1v) is 7.79. The number of imidazole rings is 1. The Bertz CT molecular complexity index is 799. The average Bonchev–Trinajstić information content (AvgIpc) is 2.89. The normalized spacial score (nSPS) is 12.3. The second-order valence-corrected chi connectivity index (χ2v) is 5.95. The number of benzene rings is 2. The minimum atomic E-state index is -0.429. The lowest BCUT2D eigenvalue weighted by atomic mass is 10.1. The van der Waals surface area contributed by atoms with Crippen molar-refractivity contribution in [2.24, 2.45) is 7.05 Å². The minimum absolute atomic E-state index is 0.275. The molecular formula is C17H16N2O2S. The number of aromatic nitrogens is 2. The molecule has 0 bridgehead atoms. The third-order valence-electron chi connectivity index (χ3n) is 3.49. The number of methoxy groups -OCH3 is 1. The van der Waals surface area contributed by atoms with Crippen LogP contribution in [0.5, 0.6) is 0 Å². The smallest absolute Gasteiger partial charge is 0.323 e. The van der Waals surface area contributed by atoms with Gasteiger partial charge in [0.05, 0.1) is 18.1 Å². The summed E-state index contributed by atoms with van der Waals surface area (Å²) in [5.74, 6) is -0.275. The quantitative estimate of drug-likeness (QED) is 0.545. The Labute approximate surface area is 133 Å². The zero-order valence-electron chi connectivity index (χ0n) is 12.4. The predicted octanol–water partition coefficient (Wildman–Crippen LogP) is 3.58. The number of carbonyl (C=O) groups excluding carboxylic acids is 1. The van der Waals surface area contributed by atoms with E-state index in [1.165, 1.54) is 18.9 Å². The van der Waals surface area contributed by atoms with Gasteiger partial charge in [0.1, 0.15) is 5.25 Å². The highest BCUT2D eigenvalue weighted by Gasteiger charge is 2.25. The number of aryl methyl sites for hydroxylation is 1. The largest absolute Gasteiger partial charge is 0.468 e. The van der Waals surface area contributed by atoms with Crippen molar-refractivity contribution in [2.45, 2.75) is 10.4 Å². The van der Waals surface area contributed by atoms with E-state index in [-0.39, 0.29) is 5.97 Å². The Morgan fingerprint density at radius 1 is 1.14 bits per heavy atom. The summed E-state index contributed by atoms with van der Waals surface area (Å²) in [6.07, 6.45) is 0. The van der Waals surface area contributed by atoms with Gasteiger partial charge >= 0.3 is 5.97 Å². The molecule has 0 aliphatic rings. The zero-order chi connectivity index (χ0) is 15.5. The van der Waals surface area contributed by atoms with Crippen LogP contribution in [0.3, 0.4) is 0 Å². The molecule has 1 heterocycles. The fourth-order valence-electron chi connectivity index (χ4n) is 2.32. The molecule has 1 unspecified atom stereocenters. The van der Waals surface area contributed by atoms with Crippen LogP contribution in [0, 0.1) is 0 Å². The van der Waals surface area contributed by atoms with Crippen LogP contribution >= 0.6 is 11.8 Å². The molecule has 1 atom stereocenters. The number of ether oxygens (including phenoxy) is 1. The number of hydrogen-bond donors (Lipinski definition) is 0. The molecule has 4 nitrogen and oxygen atoms in total. The first-order valence-electron chi connectivity index (χ1n) is 6.91. The fourth-order valence-corrected chi connectivity index (χ4v) is 3.43. The molecule has 0 spiro atoms. The SMILES string of the molecule is COC(=O)C(Sc1nc2ccccc2n1C)c1ccccc1. The molecule has 5 heteroatoms. The van der Waals surface area contributed by atoms with Gasteiger partial charge in [0.2, 0.25) is 0 Å². The van der Waals surface area contributed by atoms with Gasteiger partial charge in [-0.2, -0.15) is 0 Å². The maximum atomic E-state index is 12.2. The first-order chi connectivity index (χ1) is 10.7. The van der Waals surface area contributed by atoms with Gasteiger partial charge < -0.3 is 9.30 Å². The maximum Gasteiger partial charge on any atom is 0.323 e. The van der Waals surface area contributed by atoms with Crippen molar-refractivity contribution >= 4 is 28.8 Å². The molecule has 1 aromatic heterocycles. The third kappa shape index (κ3) is 2.72. The van der Waals surface area contributed by atoms with E-state index in [1.807, 2.05) is 66.2 Å². The second-order valence-electron chi connectivity index (χ2n) is 4.87. The Hall–Kier alpha value is -2.27. The fraction of sp³-hybridized carbons (Fsp3) is 0.176. The van der Waals surface area contributed by atoms with Crippen molar-refractivity contribution < 1.29 is 9.53 Å². The molecule has 112 valence electrons. The number of para-hydroxylation sites is 2. The summed E-state index contributed by atoms with van der Waals surface area (Å²) in [6, 6.07) is 17.5. The molecule has 3 rings (SSSR count). The van der Waals surface area contributed by atoms with Gasteiger partial charge in [-0.05, 0) is 17.7 Å². The van der Waals surface area contributed by atoms with Crippen LogP contribution in [-0.4, -0.2) is 22.6 Å². The van der Waals surface area contributed by atoms with Crippen LogP contribution in [0.4, 0.5) is 0 Å². The number of carbonyl (C=O) groups is 1. The number of hydrogen-bond acceptors (Lipinski definition) is 4. The average molecular weight is 312 g/mol. The lowest BCUT2D eigenvalue weighted by Gasteiger charge is -2.14. The van der Waals surface area contributed by atoms with Crippen molar-refractivity contribution in [3.63, 3.8) is 0 Å². The van der Waals surface area contributed by atoms with Crippen molar-refractivity contribution in [3.8, 4) is 0 Å². The molecule has 0 saturated carbocycles. The van der Waals surface area contributed by atoms with Gasteiger partial charge in [-0.3, -0.25) is 4.79 Å². The highest BCUT2D eigenvalue weighted by atomic mass is 32.2. The maximum absolute atomic E-state index is 12.2. The molecule has 0 radical (unpaired) electrons. The summed E-state index contributed by atoms with van der Waals surface area (Å²) < 4.78 is 6.96. The van der Waals surface area contributed by atoms with Gasteiger partial charge in [0.15, 0.2) is 5.16 Å². The minimum Gasteiger partial charge on any atom is -0.468 e. The van der Waals surface area contributed by atoms with Crippen LogP contribution < -0.4 is 0 Å². The Morgan fingerprint density at radius 2 is 1.82 bits per heavy atom. The number of fused-ring (bicyclic) bond motifs is 1. The van der Waals surface area contributed by atoms with E-state index >= 15 is 0 Å². The number of esters is 1. The van der Waals surface area contributed by atoms with E-state index < -0.39 is 5.25 Å². The van der Waals surface area contributed by atoms with Crippen molar-refractivity contribution in [1.82, 2.24) is 9.55 Å². The summed E-state index contributed by atoms with van der Waals surface area (Å²) in [5.41, 5.74) is 2.87. The van der Waals surface area contributed by atoms with E-state index in [0.717, 1.165) is 21.8 Å². The molecule has 22 heavy (non-hydrogen) atoms. The summed E-state index contributed by atoms with van der Waals surface area (Å²) in [4.78, 5) is 16.8. The molecule has 0 fully saturated rings. The molecule has 0 amide bonds.